The molecule has 14 nitrogen and oxygen atoms in total. The lowest BCUT2D eigenvalue weighted by Gasteiger charge is -2.10. The first-order chi connectivity index (χ1) is 22.7. The number of rotatable bonds is 40. The summed E-state index contributed by atoms with van der Waals surface area (Å²) in [5.74, 6) is 0.135. The smallest absolute Gasteiger partial charge is 0.330 e. The second kappa shape index (κ2) is 39.9. The zero-order valence-corrected chi connectivity index (χ0v) is 28.5. The molecule has 0 aromatic rings. The molecule has 0 heterocycles. The van der Waals surface area contributed by atoms with Gasteiger partial charge in [-0.1, -0.05) is 26.8 Å². The molecule has 0 aromatic heterocycles. The molecule has 0 aliphatic rings. The molecule has 0 aliphatic heterocycles. The number of ether oxygens (including phenoxy) is 13. The molecule has 0 radical (unpaired) electrons. The van der Waals surface area contributed by atoms with E-state index in [1.54, 1.807) is 0 Å². The summed E-state index contributed by atoms with van der Waals surface area (Å²) in [4.78, 5) is 10.8. The van der Waals surface area contributed by atoms with E-state index in [9.17, 15) is 4.79 Å². The van der Waals surface area contributed by atoms with Crippen molar-refractivity contribution in [3.8, 4) is 0 Å². The van der Waals surface area contributed by atoms with Gasteiger partial charge < -0.3 is 61.6 Å². The molecule has 274 valence electrons. The third-order valence-electron chi connectivity index (χ3n) is 5.83. The maximum absolute atomic E-state index is 10.8. The number of hydrogen-bond donors (Lipinski definition) is 0. The third kappa shape index (κ3) is 38.9. The van der Waals surface area contributed by atoms with Crippen LogP contribution in [0.2, 0.25) is 0 Å². The topological polar surface area (TPSA) is 137 Å². The van der Waals surface area contributed by atoms with E-state index in [2.05, 4.69) is 20.4 Å². The van der Waals surface area contributed by atoms with Crippen LogP contribution < -0.4 is 0 Å². The Balaban J connectivity index is 3.06. The maximum Gasteiger partial charge on any atom is 0.330 e. The summed E-state index contributed by atoms with van der Waals surface area (Å²) >= 11 is 0. The van der Waals surface area contributed by atoms with E-state index >= 15 is 0 Å². The molecule has 0 bridgehead atoms. The highest BCUT2D eigenvalue weighted by molar-refractivity contribution is 5.81. The quantitative estimate of drug-likeness (QED) is 0.0534. The highest BCUT2D eigenvalue weighted by Gasteiger charge is 1.99. The minimum Gasteiger partial charge on any atom is -0.460 e. The molecule has 0 aliphatic carbocycles. The summed E-state index contributed by atoms with van der Waals surface area (Å²) in [6, 6.07) is 0. The Morgan fingerprint density at radius 3 is 0.870 bits per heavy atom. The molecule has 46 heavy (non-hydrogen) atoms. The van der Waals surface area contributed by atoms with Crippen LogP contribution in [-0.4, -0.2) is 171 Å². The van der Waals surface area contributed by atoms with Crippen molar-refractivity contribution < 1.29 is 66.4 Å². The molecule has 0 spiro atoms. The van der Waals surface area contributed by atoms with E-state index in [4.69, 9.17) is 61.6 Å². The van der Waals surface area contributed by atoms with Crippen molar-refractivity contribution >= 4 is 5.97 Å². The van der Waals surface area contributed by atoms with Crippen LogP contribution in [0.3, 0.4) is 0 Å². The van der Waals surface area contributed by atoms with Crippen LogP contribution in [0.25, 0.3) is 0 Å². The van der Waals surface area contributed by atoms with Gasteiger partial charge in [-0.05, 0) is 5.92 Å². The molecule has 0 saturated heterocycles. The van der Waals surface area contributed by atoms with Crippen molar-refractivity contribution in [1.29, 1.82) is 0 Å². The van der Waals surface area contributed by atoms with Gasteiger partial charge in [-0.25, -0.2) is 4.79 Å². The van der Waals surface area contributed by atoms with Crippen molar-refractivity contribution in [1.82, 2.24) is 0 Å². The molecule has 0 fully saturated rings. The molecular weight excluding hydrogens is 608 g/mol. The van der Waals surface area contributed by atoms with Crippen molar-refractivity contribution in [2.24, 2.45) is 5.92 Å². The van der Waals surface area contributed by atoms with E-state index in [1.807, 2.05) is 0 Å². The van der Waals surface area contributed by atoms with Crippen LogP contribution in [-0.2, 0) is 66.4 Å². The second-order valence-electron chi connectivity index (χ2n) is 9.70. The SMILES string of the molecule is C=CC(=O)OCCOCCOCCOCCOCCOCCOCCOCCOCCOCCOCCOCCOCC(C)CC. The van der Waals surface area contributed by atoms with Crippen molar-refractivity contribution in [2.45, 2.75) is 20.3 Å². The first kappa shape index (κ1) is 44.7. The predicted molar refractivity (Wildman–Crippen MR) is 170 cm³/mol. The molecule has 0 N–H and O–H groups in total. The molecule has 0 saturated carbocycles. The van der Waals surface area contributed by atoms with Gasteiger partial charge in [0.25, 0.3) is 0 Å². The second-order valence-corrected chi connectivity index (χ2v) is 9.70. The van der Waals surface area contributed by atoms with E-state index in [-0.39, 0.29) is 6.61 Å². The Hall–Kier alpha value is -1.27. The number of esters is 1. The molecule has 0 rings (SSSR count). The van der Waals surface area contributed by atoms with Crippen molar-refractivity contribution in [3.63, 3.8) is 0 Å². The molecule has 1 unspecified atom stereocenters. The van der Waals surface area contributed by atoms with Gasteiger partial charge in [0.05, 0.1) is 152 Å². The van der Waals surface area contributed by atoms with Crippen LogP contribution in [0.1, 0.15) is 20.3 Å². The summed E-state index contributed by atoms with van der Waals surface area (Å²) < 4.78 is 70.1. The molecule has 0 amide bonds. The van der Waals surface area contributed by atoms with Gasteiger partial charge in [0.15, 0.2) is 0 Å². The summed E-state index contributed by atoms with van der Waals surface area (Å²) in [5, 5.41) is 0. The fourth-order valence-electron chi connectivity index (χ4n) is 3.08. The Labute approximate surface area is 276 Å². The van der Waals surface area contributed by atoms with Gasteiger partial charge in [0.1, 0.15) is 6.61 Å². The Kier molecular flexibility index (Phi) is 38.8. The summed E-state index contributed by atoms with van der Waals surface area (Å²) in [7, 11) is 0. The molecule has 1 atom stereocenters. The third-order valence-corrected chi connectivity index (χ3v) is 5.83. The fraction of sp³-hybridized carbons (Fsp3) is 0.906. The average molecular weight is 671 g/mol. The minimum atomic E-state index is -0.459. The largest absolute Gasteiger partial charge is 0.460 e. The van der Waals surface area contributed by atoms with E-state index in [0.29, 0.717) is 158 Å². The first-order valence-electron chi connectivity index (χ1n) is 16.4. The molecule has 0 aromatic carbocycles. The molecule has 14 heteroatoms. The van der Waals surface area contributed by atoms with Gasteiger partial charge >= 0.3 is 5.97 Å². The van der Waals surface area contributed by atoms with Crippen LogP contribution in [0, 0.1) is 5.92 Å². The predicted octanol–water partition coefficient (Wildman–Crippen LogP) is 1.96. The standard InChI is InChI=1S/C32H62O14/c1-4-31(3)30-45-27-26-43-23-22-41-19-18-39-15-14-37-11-10-35-7-6-34-8-9-36-12-13-38-16-17-40-20-21-42-24-25-44-28-29-46-32(33)5-2/h5,31H,2,4,6-30H2,1,3H3. The van der Waals surface area contributed by atoms with Crippen molar-refractivity contribution in [2.75, 3.05) is 165 Å². The Morgan fingerprint density at radius 2 is 0.652 bits per heavy atom. The van der Waals surface area contributed by atoms with Crippen LogP contribution in [0.5, 0.6) is 0 Å². The number of carbonyl (C=O) groups excluding carboxylic acids is 1. The highest BCUT2D eigenvalue weighted by Crippen LogP contribution is 2.00. The summed E-state index contributed by atoms with van der Waals surface area (Å²) in [6.07, 6.45) is 2.24. The Bertz CT molecular complexity index is 613. The highest BCUT2D eigenvalue weighted by atomic mass is 16.6. The van der Waals surface area contributed by atoms with E-state index < -0.39 is 5.97 Å². The fourth-order valence-corrected chi connectivity index (χ4v) is 3.08. The summed E-state index contributed by atoms with van der Waals surface area (Å²) in [6.45, 7) is 20.2. The Morgan fingerprint density at radius 1 is 0.435 bits per heavy atom. The number of hydrogen-bond acceptors (Lipinski definition) is 14. The van der Waals surface area contributed by atoms with Crippen LogP contribution in [0.4, 0.5) is 0 Å². The van der Waals surface area contributed by atoms with Crippen LogP contribution >= 0.6 is 0 Å². The van der Waals surface area contributed by atoms with Gasteiger partial charge in [0.2, 0.25) is 0 Å². The van der Waals surface area contributed by atoms with Gasteiger partial charge in [-0.2, -0.15) is 0 Å². The lowest BCUT2D eigenvalue weighted by molar-refractivity contribution is -0.139. The van der Waals surface area contributed by atoms with E-state index in [1.165, 1.54) is 0 Å². The number of carbonyl (C=O) groups is 1. The maximum atomic E-state index is 10.8. The monoisotopic (exact) mass is 670 g/mol. The van der Waals surface area contributed by atoms with Gasteiger partial charge in [-0.15, -0.1) is 0 Å². The zero-order chi connectivity index (χ0) is 33.4. The first-order valence-corrected chi connectivity index (χ1v) is 16.4. The van der Waals surface area contributed by atoms with Crippen molar-refractivity contribution in [3.05, 3.63) is 12.7 Å². The van der Waals surface area contributed by atoms with E-state index in [0.717, 1.165) is 19.1 Å². The average Bonchev–Trinajstić information content (AvgIpc) is 3.07. The lowest BCUT2D eigenvalue weighted by Crippen LogP contribution is -2.15. The minimum absolute atomic E-state index is 0.198. The lowest BCUT2D eigenvalue weighted by atomic mass is 10.1. The molecular formula is C32H62O14. The van der Waals surface area contributed by atoms with Crippen LogP contribution in [0.15, 0.2) is 12.7 Å². The normalized spacial score (nSPS) is 12.0. The van der Waals surface area contributed by atoms with Gasteiger partial charge in [-0.3, -0.25) is 0 Å². The zero-order valence-electron chi connectivity index (χ0n) is 28.5. The van der Waals surface area contributed by atoms with Gasteiger partial charge in [0, 0.05) is 12.7 Å². The summed E-state index contributed by atoms with van der Waals surface area (Å²) in [5.41, 5.74) is 0.